The molecule has 2 aromatic rings. The molecule has 0 spiro atoms. The maximum Gasteiger partial charge on any atom is 0.277 e. The van der Waals surface area contributed by atoms with Gasteiger partial charge in [-0.15, -0.1) is 0 Å². The molecular weight excluding hydrogens is 403 g/mol. The minimum atomic E-state index is -0.382. The van der Waals surface area contributed by atoms with Gasteiger partial charge in [-0.3, -0.25) is 4.79 Å². The van der Waals surface area contributed by atoms with Crippen molar-refractivity contribution in [2.45, 2.75) is 6.92 Å². The zero-order valence-corrected chi connectivity index (χ0v) is 15.2. The number of nitrogens with zero attached hydrogens (tertiary/aromatic N) is 1. The third-order valence-corrected chi connectivity index (χ3v) is 3.92. The molecule has 23 heavy (non-hydrogen) atoms. The van der Waals surface area contributed by atoms with E-state index in [4.69, 9.17) is 27.9 Å². The minimum absolute atomic E-state index is 0.196. The van der Waals surface area contributed by atoms with Crippen molar-refractivity contribution in [2.75, 3.05) is 6.61 Å². The number of carbonyl (C=O) groups is 1. The third kappa shape index (κ3) is 5.53. The van der Waals surface area contributed by atoms with Gasteiger partial charge in [-0.1, -0.05) is 51.3 Å². The lowest BCUT2D eigenvalue weighted by molar-refractivity contribution is -0.123. The molecule has 120 valence electrons. The quantitative estimate of drug-likeness (QED) is 0.569. The Morgan fingerprint density at radius 1 is 1.22 bits per heavy atom. The summed E-state index contributed by atoms with van der Waals surface area (Å²) < 4.78 is 6.31. The van der Waals surface area contributed by atoms with Crippen LogP contribution in [0.25, 0.3) is 0 Å². The van der Waals surface area contributed by atoms with Crippen LogP contribution in [0.15, 0.2) is 52.0 Å². The van der Waals surface area contributed by atoms with E-state index in [2.05, 4.69) is 26.5 Å². The summed E-state index contributed by atoms with van der Waals surface area (Å²) in [6.07, 6.45) is 0. The molecule has 0 aliphatic heterocycles. The molecule has 4 nitrogen and oxygen atoms in total. The van der Waals surface area contributed by atoms with Gasteiger partial charge in [0.1, 0.15) is 5.75 Å². The highest BCUT2D eigenvalue weighted by atomic mass is 79.9. The van der Waals surface area contributed by atoms with Gasteiger partial charge in [-0.05, 0) is 42.8 Å². The Kier molecular flexibility index (Phi) is 6.45. The standard InChI is InChI=1S/C16H13BrCl2N2O2/c1-10(11-2-4-12(17)5-3-11)20-21-16(22)9-23-15-7-6-13(18)8-14(15)19/h2-8H,9H2,1H3,(H,21,22)/b20-10+. The molecule has 0 aliphatic rings. The second kappa shape index (κ2) is 8.34. The molecule has 0 saturated carbocycles. The van der Waals surface area contributed by atoms with Gasteiger partial charge in [0.05, 0.1) is 10.7 Å². The second-order valence-corrected chi connectivity index (χ2v) is 6.36. The predicted molar refractivity (Wildman–Crippen MR) is 96.5 cm³/mol. The Labute approximate surface area is 152 Å². The fourth-order valence-electron chi connectivity index (χ4n) is 1.67. The monoisotopic (exact) mass is 414 g/mol. The van der Waals surface area contributed by atoms with Crippen LogP contribution in [-0.4, -0.2) is 18.2 Å². The van der Waals surface area contributed by atoms with Gasteiger partial charge in [0.2, 0.25) is 0 Å². The molecule has 1 N–H and O–H groups in total. The lowest BCUT2D eigenvalue weighted by Crippen LogP contribution is -2.25. The van der Waals surface area contributed by atoms with Crippen LogP contribution in [0.3, 0.4) is 0 Å². The number of hydrogen-bond acceptors (Lipinski definition) is 3. The minimum Gasteiger partial charge on any atom is -0.482 e. The van der Waals surface area contributed by atoms with Crippen LogP contribution in [0.4, 0.5) is 0 Å². The van der Waals surface area contributed by atoms with E-state index in [1.165, 1.54) is 0 Å². The van der Waals surface area contributed by atoms with Crippen molar-refractivity contribution in [1.82, 2.24) is 5.43 Å². The van der Waals surface area contributed by atoms with E-state index >= 15 is 0 Å². The number of hydrazone groups is 1. The summed E-state index contributed by atoms with van der Waals surface area (Å²) in [6, 6.07) is 12.4. The summed E-state index contributed by atoms with van der Waals surface area (Å²) in [7, 11) is 0. The number of hydrogen-bond donors (Lipinski definition) is 1. The van der Waals surface area contributed by atoms with Crippen molar-refractivity contribution in [1.29, 1.82) is 0 Å². The van der Waals surface area contributed by atoms with Gasteiger partial charge >= 0.3 is 0 Å². The Morgan fingerprint density at radius 3 is 2.57 bits per heavy atom. The van der Waals surface area contributed by atoms with E-state index in [1.54, 1.807) is 25.1 Å². The largest absolute Gasteiger partial charge is 0.482 e. The van der Waals surface area contributed by atoms with Crippen molar-refractivity contribution < 1.29 is 9.53 Å². The Hall–Kier alpha value is -1.56. The first-order chi connectivity index (χ1) is 11.0. The number of amides is 1. The van der Waals surface area contributed by atoms with E-state index in [9.17, 15) is 4.79 Å². The number of carbonyl (C=O) groups excluding carboxylic acids is 1. The van der Waals surface area contributed by atoms with Gasteiger partial charge in [0.25, 0.3) is 5.91 Å². The number of nitrogens with one attached hydrogen (secondary N) is 1. The Balaban J connectivity index is 1.89. The lowest BCUT2D eigenvalue weighted by Gasteiger charge is -2.07. The van der Waals surface area contributed by atoms with Crippen molar-refractivity contribution in [2.24, 2.45) is 5.10 Å². The molecule has 0 aromatic heterocycles. The molecule has 0 aliphatic carbocycles. The first-order valence-electron chi connectivity index (χ1n) is 6.62. The zero-order chi connectivity index (χ0) is 16.8. The normalized spacial score (nSPS) is 11.2. The van der Waals surface area contributed by atoms with Crippen molar-refractivity contribution in [3.63, 3.8) is 0 Å². The van der Waals surface area contributed by atoms with Crippen LogP contribution in [0, 0.1) is 0 Å². The van der Waals surface area contributed by atoms with Gasteiger partial charge in [0.15, 0.2) is 6.61 Å². The van der Waals surface area contributed by atoms with Gasteiger partial charge in [-0.25, -0.2) is 5.43 Å². The fraction of sp³-hybridized carbons (Fsp3) is 0.125. The molecule has 0 fully saturated rings. The van der Waals surface area contributed by atoms with E-state index in [-0.39, 0.29) is 12.5 Å². The zero-order valence-electron chi connectivity index (χ0n) is 12.1. The molecule has 7 heteroatoms. The summed E-state index contributed by atoms with van der Waals surface area (Å²) in [5, 5.41) is 4.89. The highest BCUT2D eigenvalue weighted by molar-refractivity contribution is 9.10. The second-order valence-electron chi connectivity index (χ2n) is 4.60. The van der Waals surface area contributed by atoms with Crippen LogP contribution in [0.1, 0.15) is 12.5 Å². The molecule has 0 unspecified atom stereocenters. The predicted octanol–water partition coefficient (Wildman–Crippen LogP) is 4.68. The molecule has 0 bridgehead atoms. The summed E-state index contributed by atoms with van der Waals surface area (Å²) in [5.41, 5.74) is 4.04. The van der Waals surface area contributed by atoms with Crippen LogP contribution >= 0.6 is 39.1 Å². The summed E-state index contributed by atoms with van der Waals surface area (Å²) >= 11 is 15.1. The molecule has 0 atom stereocenters. The molecular formula is C16H13BrCl2N2O2. The third-order valence-electron chi connectivity index (χ3n) is 2.86. The van der Waals surface area contributed by atoms with Crippen LogP contribution in [0.2, 0.25) is 10.0 Å². The maximum atomic E-state index is 11.8. The number of benzene rings is 2. The topological polar surface area (TPSA) is 50.7 Å². The number of halogens is 3. The lowest BCUT2D eigenvalue weighted by atomic mass is 10.1. The fourth-order valence-corrected chi connectivity index (χ4v) is 2.40. The highest BCUT2D eigenvalue weighted by Gasteiger charge is 2.06. The SMILES string of the molecule is C/C(=N\NC(=O)COc1ccc(Cl)cc1Cl)c1ccc(Br)cc1. The highest BCUT2D eigenvalue weighted by Crippen LogP contribution is 2.27. The Morgan fingerprint density at radius 2 is 1.91 bits per heavy atom. The van der Waals surface area contributed by atoms with E-state index in [0.717, 1.165) is 10.0 Å². The molecule has 0 saturated heterocycles. The van der Waals surface area contributed by atoms with Crippen LogP contribution < -0.4 is 10.2 Å². The Bertz CT molecular complexity index is 733. The number of ether oxygens (including phenoxy) is 1. The molecule has 2 rings (SSSR count). The maximum absolute atomic E-state index is 11.8. The van der Waals surface area contributed by atoms with Gasteiger partial charge in [0, 0.05) is 9.50 Å². The molecule has 0 heterocycles. The van der Waals surface area contributed by atoms with Gasteiger partial charge < -0.3 is 4.74 Å². The van der Waals surface area contributed by atoms with Crippen LogP contribution in [0.5, 0.6) is 5.75 Å². The first-order valence-corrected chi connectivity index (χ1v) is 8.17. The van der Waals surface area contributed by atoms with E-state index in [1.807, 2.05) is 24.3 Å². The molecule has 1 amide bonds. The molecule has 0 radical (unpaired) electrons. The van der Waals surface area contributed by atoms with Crippen molar-refractivity contribution in [3.05, 3.63) is 62.5 Å². The van der Waals surface area contributed by atoms with Crippen LogP contribution in [-0.2, 0) is 4.79 Å². The first kappa shape index (κ1) is 17.8. The summed E-state index contributed by atoms with van der Waals surface area (Å²) in [6.45, 7) is 1.61. The van der Waals surface area contributed by atoms with E-state index < -0.39 is 0 Å². The van der Waals surface area contributed by atoms with Gasteiger partial charge in [-0.2, -0.15) is 5.10 Å². The average Bonchev–Trinajstić information content (AvgIpc) is 2.52. The van der Waals surface area contributed by atoms with Crippen molar-refractivity contribution >= 4 is 50.8 Å². The summed E-state index contributed by atoms with van der Waals surface area (Å²) in [5.74, 6) is 0.00676. The average molecular weight is 416 g/mol. The number of rotatable bonds is 5. The van der Waals surface area contributed by atoms with E-state index in [0.29, 0.717) is 21.5 Å². The molecule has 2 aromatic carbocycles. The smallest absolute Gasteiger partial charge is 0.277 e. The summed E-state index contributed by atoms with van der Waals surface area (Å²) in [4.78, 5) is 11.8. The van der Waals surface area contributed by atoms with Crippen molar-refractivity contribution in [3.8, 4) is 5.75 Å².